The Hall–Kier alpha value is -5.63. The Bertz CT molecular complexity index is 2120. The summed E-state index contributed by atoms with van der Waals surface area (Å²) in [7, 11) is 0. The molecule has 14 heteroatoms. The number of thiazole rings is 1. The van der Waals surface area contributed by atoms with Gasteiger partial charge in [-0.3, -0.25) is 19.7 Å². The van der Waals surface area contributed by atoms with Crippen molar-refractivity contribution in [1.82, 2.24) is 23.7 Å². The van der Waals surface area contributed by atoms with Crippen LogP contribution in [0.4, 0.5) is 19.3 Å². The van der Waals surface area contributed by atoms with Gasteiger partial charge in [-0.1, -0.05) is 0 Å². The van der Waals surface area contributed by atoms with E-state index in [1.54, 1.807) is 48.4 Å². The molecule has 222 valence electrons. The van der Waals surface area contributed by atoms with E-state index >= 15 is 4.39 Å². The number of carbonyl (C=O) groups is 1. The van der Waals surface area contributed by atoms with Crippen molar-refractivity contribution in [2.75, 3.05) is 5.32 Å². The number of halogens is 2. The van der Waals surface area contributed by atoms with Crippen LogP contribution in [0.5, 0.6) is 17.2 Å². The Labute approximate surface area is 251 Å². The highest BCUT2D eigenvalue weighted by atomic mass is 32.1. The van der Waals surface area contributed by atoms with Crippen molar-refractivity contribution in [3.63, 3.8) is 0 Å². The number of carbonyl (C=O) groups excluding carboxylic acids is 1. The molecule has 0 aliphatic carbocycles. The van der Waals surface area contributed by atoms with Gasteiger partial charge in [0, 0.05) is 35.8 Å². The Morgan fingerprint density at radius 1 is 0.977 bits per heavy atom. The number of rotatable bonds is 7. The third-order valence-corrected chi connectivity index (χ3v) is 7.33. The van der Waals surface area contributed by atoms with Crippen LogP contribution < -0.4 is 26.0 Å². The quantitative estimate of drug-likeness (QED) is 0.232. The zero-order chi connectivity index (χ0) is 31.0. The zero-order valence-electron chi connectivity index (χ0n) is 23.1. The molecule has 0 radical (unpaired) electrons. The molecule has 0 fully saturated rings. The first-order chi connectivity index (χ1) is 21.2. The Morgan fingerprint density at radius 2 is 1.77 bits per heavy atom. The minimum atomic E-state index is -1.10. The number of nitrogens with zero attached hydrogens (tertiary/aromatic N) is 5. The van der Waals surface area contributed by atoms with Crippen molar-refractivity contribution in [1.29, 1.82) is 0 Å². The lowest BCUT2D eigenvalue weighted by molar-refractivity contribution is 0.213. The Balaban J connectivity index is 1.24. The number of pyridine rings is 1. The average molecular weight is 617 g/mol. The van der Waals surface area contributed by atoms with Gasteiger partial charge in [-0.15, -0.1) is 11.3 Å². The topological polar surface area (TPSA) is 122 Å². The van der Waals surface area contributed by atoms with E-state index in [1.807, 2.05) is 6.20 Å². The fourth-order valence-electron chi connectivity index (χ4n) is 4.40. The molecule has 0 saturated heterocycles. The van der Waals surface area contributed by atoms with Gasteiger partial charge in [-0.2, -0.15) is 5.10 Å². The SMILES string of the molecule is CC(C)n1cc(OC(=O)Nc2ccc(Oc3cc(-c4cncs4)cn4nccc34)c(F)c2)c(=O)n(-c2ccc(F)cc2)c1=O. The van der Waals surface area contributed by atoms with Crippen LogP contribution in [0.25, 0.3) is 21.6 Å². The lowest BCUT2D eigenvalue weighted by Gasteiger charge is -2.16. The second kappa shape index (κ2) is 11.6. The zero-order valence-corrected chi connectivity index (χ0v) is 23.9. The summed E-state index contributed by atoms with van der Waals surface area (Å²) in [5, 5.41) is 6.63. The molecule has 0 bridgehead atoms. The molecule has 0 saturated carbocycles. The number of ether oxygens (including phenoxy) is 2. The summed E-state index contributed by atoms with van der Waals surface area (Å²) in [4.78, 5) is 43.9. The molecule has 0 aliphatic heterocycles. The molecule has 2 aromatic carbocycles. The maximum atomic E-state index is 15.2. The van der Waals surface area contributed by atoms with Gasteiger partial charge in [0.25, 0.3) is 0 Å². The highest BCUT2D eigenvalue weighted by Crippen LogP contribution is 2.34. The fraction of sp³-hybridized carbons (Fsp3) is 0.100. The number of hydrogen-bond acceptors (Lipinski definition) is 8. The summed E-state index contributed by atoms with van der Waals surface area (Å²) in [5.41, 5.74) is 1.55. The lowest BCUT2D eigenvalue weighted by Crippen LogP contribution is -2.40. The lowest BCUT2D eigenvalue weighted by atomic mass is 10.2. The van der Waals surface area contributed by atoms with Crippen molar-refractivity contribution in [3.05, 3.63) is 117 Å². The number of amides is 1. The maximum absolute atomic E-state index is 15.2. The molecule has 6 aromatic rings. The third kappa shape index (κ3) is 5.57. The summed E-state index contributed by atoms with van der Waals surface area (Å²) in [6, 6.07) is 11.5. The van der Waals surface area contributed by atoms with Crippen LogP contribution in [0.3, 0.4) is 0 Å². The van der Waals surface area contributed by atoms with Crippen molar-refractivity contribution >= 4 is 28.6 Å². The van der Waals surface area contributed by atoms with Crippen LogP contribution in [0.2, 0.25) is 0 Å². The molecule has 0 aliphatic rings. The van der Waals surface area contributed by atoms with Gasteiger partial charge in [-0.05, 0) is 62.4 Å². The summed E-state index contributed by atoms with van der Waals surface area (Å²) in [5.74, 6) is -1.56. The molecular formula is C30H22F2N6O5S. The predicted octanol–water partition coefficient (Wildman–Crippen LogP) is 6.03. The van der Waals surface area contributed by atoms with Crippen LogP contribution in [-0.4, -0.2) is 29.8 Å². The van der Waals surface area contributed by atoms with Gasteiger partial charge >= 0.3 is 17.3 Å². The minimum absolute atomic E-state index is 0.0174. The molecule has 4 aromatic heterocycles. The normalized spacial score (nSPS) is 11.2. The number of nitrogens with one attached hydrogen (secondary N) is 1. The van der Waals surface area contributed by atoms with Crippen molar-refractivity contribution in [3.8, 4) is 33.4 Å². The van der Waals surface area contributed by atoms with Crippen LogP contribution in [0.1, 0.15) is 19.9 Å². The molecule has 44 heavy (non-hydrogen) atoms. The summed E-state index contributed by atoms with van der Waals surface area (Å²) < 4.78 is 43.4. The van der Waals surface area contributed by atoms with Gasteiger partial charge in [0.05, 0.1) is 28.5 Å². The number of fused-ring (bicyclic) bond motifs is 1. The Morgan fingerprint density at radius 3 is 2.48 bits per heavy atom. The first-order valence-electron chi connectivity index (χ1n) is 13.1. The number of hydrogen-bond donors (Lipinski definition) is 1. The number of benzene rings is 2. The van der Waals surface area contributed by atoms with E-state index in [0.717, 1.165) is 39.4 Å². The average Bonchev–Trinajstić information content (AvgIpc) is 3.70. The fourth-order valence-corrected chi connectivity index (χ4v) is 5.01. The van der Waals surface area contributed by atoms with E-state index in [-0.39, 0.29) is 17.1 Å². The molecule has 6 rings (SSSR count). The molecule has 0 atom stereocenters. The summed E-state index contributed by atoms with van der Waals surface area (Å²) in [6.45, 7) is 3.40. The first-order valence-corrected chi connectivity index (χ1v) is 14.0. The maximum Gasteiger partial charge on any atom is 0.417 e. The first kappa shape index (κ1) is 28.5. The van der Waals surface area contributed by atoms with Crippen molar-refractivity contribution in [2.24, 2.45) is 0 Å². The van der Waals surface area contributed by atoms with Gasteiger partial charge in [0.2, 0.25) is 5.75 Å². The summed E-state index contributed by atoms with van der Waals surface area (Å²) in [6.07, 6.45) is 5.12. The van der Waals surface area contributed by atoms with Crippen LogP contribution in [-0.2, 0) is 0 Å². The molecule has 0 unspecified atom stereocenters. The highest BCUT2D eigenvalue weighted by molar-refractivity contribution is 7.13. The standard InChI is InChI=1S/C30H22F2N6O5S/c1-17(2)36-15-26(28(39)38(30(36)41)21-6-3-19(31)4-7-21)43-29(40)35-20-5-8-24(22(32)12-20)42-25-11-18(27-13-33-16-44-27)14-37-23(25)9-10-34-37/h3-17H,1-2H3,(H,35,40). The monoisotopic (exact) mass is 616 g/mol. The van der Waals surface area contributed by atoms with E-state index in [4.69, 9.17) is 9.47 Å². The van der Waals surface area contributed by atoms with E-state index in [1.165, 1.54) is 40.2 Å². The van der Waals surface area contributed by atoms with Crippen molar-refractivity contribution < 1.29 is 23.0 Å². The predicted molar refractivity (Wildman–Crippen MR) is 159 cm³/mol. The van der Waals surface area contributed by atoms with E-state index in [2.05, 4.69) is 15.4 Å². The summed E-state index contributed by atoms with van der Waals surface area (Å²) >= 11 is 1.43. The van der Waals surface area contributed by atoms with Gasteiger partial charge in [-0.25, -0.2) is 27.5 Å². The molecular weight excluding hydrogens is 594 g/mol. The third-order valence-electron chi connectivity index (χ3n) is 6.51. The van der Waals surface area contributed by atoms with Crippen LogP contribution in [0, 0.1) is 11.6 Å². The molecule has 1 amide bonds. The smallest absolute Gasteiger partial charge is 0.417 e. The van der Waals surface area contributed by atoms with Gasteiger partial charge in [0.1, 0.15) is 11.3 Å². The van der Waals surface area contributed by atoms with Crippen molar-refractivity contribution in [2.45, 2.75) is 19.9 Å². The molecule has 11 nitrogen and oxygen atoms in total. The van der Waals surface area contributed by atoms with Crippen LogP contribution >= 0.6 is 11.3 Å². The highest BCUT2D eigenvalue weighted by Gasteiger charge is 2.19. The minimum Gasteiger partial charge on any atom is -0.452 e. The van der Waals surface area contributed by atoms with Crippen LogP contribution in [0.15, 0.2) is 94.5 Å². The molecule has 0 spiro atoms. The molecule has 4 heterocycles. The van der Waals surface area contributed by atoms with Gasteiger partial charge < -0.3 is 9.47 Å². The van der Waals surface area contributed by atoms with Gasteiger partial charge in [0.15, 0.2) is 17.3 Å². The Kier molecular flexibility index (Phi) is 7.49. The largest absolute Gasteiger partial charge is 0.452 e. The second-order valence-electron chi connectivity index (χ2n) is 9.78. The van der Waals surface area contributed by atoms with E-state index in [0.29, 0.717) is 11.3 Å². The second-order valence-corrected chi connectivity index (χ2v) is 10.7. The number of anilines is 1. The van der Waals surface area contributed by atoms with E-state index < -0.39 is 40.8 Å². The number of aromatic nitrogens is 5. The van der Waals surface area contributed by atoms with E-state index in [9.17, 15) is 18.8 Å². The molecule has 1 N–H and O–H groups in total.